The first-order valence-corrected chi connectivity index (χ1v) is 11.3. The van der Waals surface area contributed by atoms with Crippen molar-refractivity contribution in [1.29, 1.82) is 0 Å². The van der Waals surface area contributed by atoms with Gasteiger partial charge in [-0.05, 0) is 48.4 Å². The fourth-order valence-electron chi connectivity index (χ4n) is 3.32. The molecule has 0 aliphatic carbocycles. The van der Waals surface area contributed by atoms with Gasteiger partial charge in [-0.15, -0.1) is 22.7 Å². The molecule has 4 rings (SSSR count). The van der Waals surface area contributed by atoms with E-state index in [1.807, 2.05) is 17.5 Å². The van der Waals surface area contributed by atoms with Gasteiger partial charge in [0.1, 0.15) is 11.2 Å². The molecular weight excluding hydrogens is 434 g/mol. The maximum Gasteiger partial charge on any atom is 0.332 e. The molecular formula is C22H19N3O4S2. The van der Waals surface area contributed by atoms with Crippen molar-refractivity contribution in [3.05, 3.63) is 84.5 Å². The van der Waals surface area contributed by atoms with E-state index in [1.165, 1.54) is 27.4 Å². The quantitative estimate of drug-likeness (QED) is 0.435. The van der Waals surface area contributed by atoms with Gasteiger partial charge in [-0.3, -0.25) is 23.5 Å². The fourth-order valence-corrected chi connectivity index (χ4v) is 4.86. The van der Waals surface area contributed by atoms with Crippen LogP contribution in [0, 0.1) is 0 Å². The van der Waals surface area contributed by atoms with Crippen molar-refractivity contribution >= 4 is 50.3 Å². The van der Waals surface area contributed by atoms with Crippen LogP contribution in [0.5, 0.6) is 0 Å². The molecule has 1 N–H and O–H groups in total. The minimum atomic E-state index is -0.514. The number of benzene rings is 1. The molecule has 0 radical (unpaired) electrons. The van der Waals surface area contributed by atoms with Gasteiger partial charge in [0.2, 0.25) is 5.91 Å². The van der Waals surface area contributed by atoms with Crippen molar-refractivity contribution in [2.24, 2.45) is 0 Å². The summed E-state index contributed by atoms with van der Waals surface area (Å²) in [6.07, 6.45) is 0.563. The molecule has 0 fully saturated rings. The van der Waals surface area contributed by atoms with Crippen LogP contribution in [0.1, 0.15) is 22.2 Å². The molecule has 0 aliphatic rings. The highest BCUT2D eigenvalue weighted by Crippen LogP contribution is 2.16. The number of nitrogens with one attached hydrogen (secondary N) is 1. The maximum atomic E-state index is 13.1. The van der Waals surface area contributed by atoms with Gasteiger partial charge in [0.25, 0.3) is 5.56 Å². The largest absolute Gasteiger partial charge is 0.332 e. The molecule has 0 unspecified atom stereocenters. The monoisotopic (exact) mass is 453 g/mol. The van der Waals surface area contributed by atoms with E-state index in [1.54, 1.807) is 47.0 Å². The molecule has 9 heteroatoms. The van der Waals surface area contributed by atoms with Crippen molar-refractivity contribution in [1.82, 2.24) is 9.13 Å². The number of hydrogen-bond acceptors (Lipinski definition) is 6. The van der Waals surface area contributed by atoms with E-state index in [0.29, 0.717) is 27.9 Å². The van der Waals surface area contributed by atoms with E-state index in [0.717, 1.165) is 4.88 Å². The van der Waals surface area contributed by atoms with Gasteiger partial charge in [-0.2, -0.15) is 0 Å². The number of hydrogen-bond donors (Lipinski definition) is 1. The number of ketones is 1. The van der Waals surface area contributed by atoms with E-state index < -0.39 is 11.6 Å². The van der Waals surface area contributed by atoms with E-state index in [2.05, 4.69) is 5.32 Å². The highest BCUT2D eigenvalue weighted by Gasteiger charge is 2.17. The van der Waals surface area contributed by atoms with Crippen LogP contribution in [0.4, 0.5) is 5.69 Å². The molecule has 3 heterocycles. The van der Waals surface area contributed by atoms with Gasteiger partial charge < -0.3 is 5.32 Å². The number of amides is 1. The van der Waals surface area contributed by atoms with Crippen LogP contribution in [0.2, 0.25) is 0 Å². The summed E-state index contributed by atoms with van der Waals surface area (Å²) < 4.78 is 2.96. The number of fused-ring (bicyclic) bond motifs is 1. The maximum absolute atomic E-state index is 13.1. The van der Waals surface area contributed by atoms with Crippen LogP contribution in [0.25, 0.3) is 10.2 Å². The summed E-state index contributed by atoms with van der Waals surface area (Å²) in [5.74, 6) is -0.524. The predicted molar refractivity (Wildman–Crippen MR) is 123 cm³/mol. The molecule has 0 aliphatic heterocycles. The van der Waals surface area contributed by atoms with E-state index >= 15 is 0 Å². The Morgan fingerprint density at radius 3 is 2.58 bits per heavy atom. The zero-order valence-electron chi connectivity index (χ0n) is 16.7. The lowest BCUT2D eigenvalue weighted by molar-refractivity contribution is -0.116. The number of anilines is 1. The summed E-state index contributed by atoms with van der Waals surface area (Å²) in [4.78, 5) is 51.3. The smallest absolute Gasteiger partial charge is 0.325 e. The van der Waals surface area contributed by atoms with Crippen LogP contribution in [0.15, 0.2) is 62.8 Å². The predicted octanol–water partition coefficient (Wildman–Crippen LogP) is 3.37. The standard InChI is InChI=1S/C22H19N3O4S2/c1-14(26)15-4-2-5-16(12-15)23-19(27)13-25-18-8-11-31-20(18)21(28)24(22(25)29)9-7-17-6-3-10-30-17/h2-6,8,10-12H,7,9,13H2,1H3,(H,23,27). The fraction of sp³-hybridized carbons (Fsp3) is 0.182. The number of Topliss-reactive ketones (excluding diaryl/α,β-unsaturated/α-hetero) is 1. The van der Waals surface area contributed by atoms with Crippen LogP contribution in [0.3, 0.4) is 0 Å². The zero-order chi connectivity index (χ0) is 22.0. The first-order chi connectivity index (χ1) is 14.9. The Morgan fingerprint density at radius 1 is 1.00 bits per heavy atom. The van der Waals surface area contributed by atoms with E-state index in [9.17, 15) is 19.2 Å². The third-order valence-corrected chi connectivity index (χ3v) is 6.68. The summed E-state index contributed by atoms with van der Waals surface area (Å²) >= 11 is 2.82. The molecule has 0 bridgehead atoms. The van der Waals surface area contributed by atoms with Crippen LogP contribution >= 0.6 is 22.7 Å². The number of carbonyl (C=O) groups is 2. The first kappa shape index (κ1) is 21.0. The van der Waals surface area contributed by atoms with Gasteiger partial charge in [0.05, 0.1) is 5.52 Å². The molecule has 0 saturated carbocycles. The Labute approximate surface area is 185 Å². The number of rotatable bonds is 7. The Balaban J connectivity index is 1.63. The summed E-state index contributed by atoms with van der Waals surface area (Å²) in [7, 11) is 0. The minimum absolute atomic E-state index is 0.106. The van der Waals surface area contributed by atoms with Gasteiger partial charge in [0, 0.05) is 22.7 Å². The summed E-state index contributed by atoms with van der Waals surface area (Å²) in [5.41, 5.74) is 0.549. The molecule has 3 aromatic heterocycles. The molecule has 7 nitrogen and oxygen atoms in total. The molecule has 0 atom stereocenters. The summed E-state index contributed by atoms with van der Waals surface area (Å²) in [5, 5.41) is 6.41. The van der Waals surface area contributed by atoms with Crippen LogP contribution in [-0.2, 0) is 24.3 Å². The molecule has 1 aromatic carbocycles. The Kier molecular flexibility index (Phi) is 5.97. The average Bonchev–Trinajstić information content (AvgIpc) is 3.43. The minimum Gasteiger partial charge on any atom is -0.325 e. The number of aryl methyl sites for hydroxylation is 1. The number of carbonyl (C=O) groups excluding carboxylic acids is 2. The van der Waals surface area contributed by atoms with Crippen molar-refractivity contribution in [2.45, 2.75) is 26.4 Å². The van der Waals surface area contributed by atoms with E-state index in [-0.39, 0.29) is 24.4 Å². The summed E-state index contributed by atoms with van der Waals surface area (Å²) in [6, 6.07) is 12.2. The summed E-state index contributed by atoms with van der Waals surface area (Å²) in [6.45, 7) is 1.46. The number of nitrogens with zero attached hydrogens (tertiary/aromatic N) is 2. The van der Waals surface area contributed by atoms with Crippen molar-refractivity contribution in [3.8, 4) is 0 Å². The Morgan fingerprint density at radius 2 is 1.84 bits per heavy atom. The Bertz CT molecular complexity index is 1380. The second kappa shape index (κ2) is 8.83. The van der Waals surface area contributed by atoms with Gasteiger partial charge in [0.15, 0.2) is 5.78 Å². The normalized spacial score (nSPS) is 11.0. The van der Waals surface area contributed by atoms with Gasteiger partial charge in [-0.25, -0.2) is 4.79 Å². The third kappa shape index (κ3) is 4.42. The lowest BCUT2D eigenvalue weighted by atomic mass is 10.1. The Hall–Kier alpha value is -3.30. The highest BCUT2D eigenvalue weighted by atomic mass is 32.1. The second-order valence-corrected chi connectivity index (χ2v) is 8.92. The molecule has 31 heavy (non-hydrogen) atoms. The van der Waals surface area contributed by atoms with Crippen LogP contribution in [-0.4, -0.2) is 20.8 Å². The number of thiophene rings is 2. The van der Waals surface area contributed by atoms with Gasteiger partial charge in [-0.1, -0.05) is 18.2 Å². The second-order valence-electron chi connectivity index (χ2n) is 6.98. The molecule has 158 valence electrons. The van der Waals surface area contributed by atoms with Crippen molar-refractivity contribution < 1.29 is 9.59 Å². The van der Waals surface area contributed by atoms with Gasteiger partial charge >= 0.3 is 5.69 Å². The lowest BCUT2D eigenvalue weighted by Crippen LogP contribution is -2.41. The van der Waals surface area contributed by atoms with Crippen molar-refractivity contribution in [3.63, 3.8) is 0 Å². The SMILES string of the molecule is CC(=O)c1cccc(NC(=O)Cn2c(=O)n(CCc3cccs3)c(=O)c3sccc32)c1. The van der Waals surface area contributed by atoms with Crippen LogP contribution < -0.4 is 16.6 Å². The average molecular weight is 454 g/mol. The molecule has 4 aromatic rings. The molecule has 1 amide bonds. The topological polar surface area (TPSA) is 90.2 Å². The molecule has 0 saturated heterocycles. The zero-order valence-corrected chi connectivity index (χ0v) is 18.3. The van der Waals surface area contributed by atoms with E-state index in [4.69, 9.17) is 0 Å². The third-order valence-electron chi connectivity index (χ3n) is 4.85. The van der Waals surface area contributed by atoms with Crippen molar-refractivity contribution in [2.75, 3.05) is 5.32 Å². The first-order valence-electron chi connectivity index (χ1n) is 9.58. The number of aromatic nitrogens is 2. The molecule has 0 spiro atoms. The lowest BCUT2D eigenvalue weighted by Gasteiger charge is -2.12. The highest BCUT2D eigenvalue weighted by molar-refractivity contribution is 7.17.